The van der Waals surface area contributed by atoms with Gasteiger partial charge in [-0.15, -0.1) is 0 Å². The molecular formula is C28H29NO7. The van der Waals surface area contributed by atoms with E-state index in [2.05, 4.69) is 5.32 Å². The van der Waals surface area contributed by atoms with Crippen LogP contribution in [0.25, 0.3) is 0 Å². The predicted octanol–water partition coefficient (Wildman–Crippen LogP) is 3.63. The van der Waals surface area contributed by atoms with Gasteiger partial charge in [0.2, 0.25) is 0 Å². The molecule has 8 nitrogen and oxygen atoms in total. The van der Waals surface area contributed by atoms with Crippen LogP contribution in [-0.4, -0.2) is 43.2 Å². The number of para-hydroxylation sites is 1. The summed E-state index contributed by atoms with van der Waals surface area (Å²) in [6, 6.07) is 15.5. The summed E-state index contributed by atoms with van der Waals surface area (Å²) in [5.74, 6) is -2.86. The number of methoxy groups -OCH3 is 1. The predicted molar refractivity (Wildman–Crippen MR) is 131 cm³/mol. The average molecular weight is 492 g/mol. The number of esters is 2. The van der Waals surface area contributed by atoms with E-state index in [4.69, 9.17) is 14.2 Å². The molecule has 2 aromatic carbocycles. The van der Waals surface area contributed by atoms with Gasteiger partial charge in [0.15, 0.2) is 5.78 Å². The van der Waals surface area contributed by atoms with Crippen molar-refractivity contribution in [1.29, 1.82) is 0 Å². The summed E-state index contributed by atoms with van der Waals surface area (Å²) in [6.07, 6.45) is 0.444. The van der Waals surface area contributed by atoms with E-state index >= 15 is 0 Å². The highest BCUT2D eigenvalue weighted by Gasteiger charge is 2.47. The van der Waals surface area contributed by atoms with Gasteiger partial charge in [-0.1, -0.05) is 37.3 Å². The molecule has 0 unspecified atom stereocenters. The van der Waals surface area contributed by atoms with Crippen molar-refractivity contribution in [1.82, 2.24) is 5.32 Å². The molecule has 0 spiro atoms. The smallest absolute Gasteiger partial charge is 0.336 e. The first-order valence-corrected chi connectivity index (χ1v) is 11.8. The molecule has 0 radical (unpaired) electrons. The van der Waals surface area contributed by atoms with Gasteiger partial charge in [0.1, 0.15) is 30.6 Å². The highest BCUT2D eigenvalue weighted by molar-refractivity contribution is 6.12. The maximum absolute atomic E-state index is 13.7. The van der Waals surface area contributed by atoms with E-state index in [-0.39, 0.29) is 36.2 Å². The zero-order valence-electron chi connectivity index (χ0n) is 20.4. The Balaban J connectivity index is 1.63. The number of hydrogen-bond acceptors (Lipinski definition) is 8. The number of hydrogen-bond donors (Lipinski definition) is 2. The number of carbonyl (C=O) groups is 3. The maximum Gasteiger partial charge on any atom is 0.336 e. The number of carbonyl (C=O) groups excluding carboxylic acids is 3. The minimum Gasteiger partial charge on any atom is -0.508 e. The van der Waals surface area contributed by atoms with Crippen LogP contribution >= 0.6 is 0 Å². The number of dihydropyridines is 1. The molecule has 4 rings (SSSR count). The maximum atomic E-state index is 13.7. The van der Waals surface area contributed by atoms with Gasteiger partial charge in [0, 0.05) is 22.9 Å². The van der Waals surface area contributed by atoms with Crippen LogP contribution in [0.4, 0.5) is 0 Å². The largest absolute Gasteiger partial charge is 0.508 e. The average Bonchev–Trinajstić information content (AvgIpc) is 2.86. The van der Waals surface area contributed by atoms with E-state index in [1.54, 1.807) is 19.1 Å². The topological polar surface area (TPSA) is 111 Å². The lowest BCUT2D eigenvalue weighted by Gasteiger charge is -2.38. The van der Waals surface area contributed by atoms with Gasteiger partial charge in [-0.3, -0.25) is 9.59 Å². The van der Waals surface area contributed by atoms with Gasteiger partial charge >= 0.3 is 11.9 Å². The molecule has 2 aliphatic rings. The number of aromatic hydroxyl groups is 1. The molecule has 1 aliphatic carbocycles. The highest BCUT2D eigenvalue weighted by Crippen LogP contribution is 2.45. The molecule has 3 atom stereocenters. The van der Waals surface area contributed by atoms with Crippen molar-refractivity contribution >= 4 is 17.7 Å². The quantitative estimate of drug-likeness (QED) is 0.343. The summed E-state index contributed by atoms with van der Waals surface area (Å²) in [5, 5.41) is 13.0. The van der Waals surface area contributed by atoms with E-state index in [0.29, 0.717) is 34.7 Å². The summed E-state index contributed by atoms with van der Waals surface area (Å²) < 4.78 is 16.1. The van der Waals surface area contributed by atoms with Crippen LogP contribution in [0.15, 0.2) is 77.1 Å². The normalized spacial score (nSPS) is 21.4. The van der Waals surface area contributed by atoms with Crippen molar-refractivity contribution in [2.75, 3.05) is 20.3 Å². The van der Waals surface area contributed by atoms with Crippen molar-refractivity contribution in [3.05, 3.63) is 82.7 Å². The van der Waals surface area contributed by atoms with Gasteiger partial charge in [-0.2, -0.15) is 0 Å². The van der Waals surface area contributed by atoms with Gasteiger partial charge in [-0.05, 0) is 49.1 Å². The number of phenolic OH excluding ortho intramolecular Hbond substituents is 1. The Morgan fingerprint density at radius 1 is 1.06 bits per heavy atom. The van der Waals surface area contributed by atoms with Gasteiger partial charge in [-0.25, -0.2) is 4.79 Å². The number of nitrogens with one attached hydrogen (secondary N) is 1. The van der Waals surface area contributed by atoms with Crippen LogP contribution in [-0.2, 0) is 23.9 Å². The Labute approximate surface area is 209 Å². The lowest BCUT2D eigenvalue weighted by atomic mass is 9.69. The lowest BCUT2D eigenvalue weighted by molar-refractivity contribution is -0.151. The van der Waals surface area contributed by atoms with Crippen molar-refractivity contribution in [2.24, 2.45) is 11.8 Å². The lowest BCUT2D eigenvalue weighted by Crippen LogP contribution is -2.43. The summed E-state index contributed by atoms with van der Waals surface area (Å²) in [5.41, 5.74) is 2.47. The Kier molecular flexibility index (Phi) is 7.43. The van der Waals surface area contributed by atoms with E-state index in [1.165, 1.54) is 19.2 Å². The number of phenols is 1. The molecule has 36 heavy (non-hydrogen) atoms. The number of ketones is 1. The molecule has 2 N–H and O–H groups in total. The fourth-order valence-corrected chi connectivity index (χ4v) is 4.84. The Bertz CT molecular complexity index is 1210. The highest BCUT2D eigenvalue weighted by atomic mass is 16.6. The summed E-state index contributed by atoms with van der Waals surface area (Å²) in [6.45, 7) is 3.76. The minimum absolute atomic E-state index is 0.00841. The second-order valence-electron chi connectivity index (χ2n) is 8.92. The zero-order valence-corrected chi connectivity index (χ0v) is 20.4. The van der Waals surface area contributed by atoms with E-state index in [0.717, 1.165) is 0 Å². The van der Waals surface area contributed by atoms with Crippen molar-refractivity contribution in [3.8, 4) is 11.5 Å². The van der Waals surface area contributed by atoms with E-state index < -0.39 is 23.8 Å². The molecule has 0 saturated carbocycles. The molecule has 0 amide bonds. The third-order valence-electron chi connectivity index (χ3n) is 6.52. The Morgan fingerprint density at radius 3 is 2.42 bits per heavy atom. The molecule has 0 saturated heterocycles. The monoisotopic (exact) mass is 491 g/mol. The fraction of sp³-hybridized carbons (Fsp3) is 0.321. The van der Waals surface area contributed by atoms with Crippen molar-refractivity contribution < 1.29 is 33.7 Å². The first-order valence-electron chi connectivity index (χ1n) is 11.8. The summed E-state index contributed by atoms with van der Waals surface area (Å²) in [4.78, 5) is 39.5. The van der Waals surface area contributed by atoms with Crippen LogP contribution in [0.3, 0.4) is 0 Å². The minimum atomic E-state index is -0.967. The molecule has 0 bridgehead atoms. The number of allylic oxidation sites excluding steroid dienone is 3. The van der Waals surface area contributed by atoms with Crippen LogP contribution in [0.2, 0.25) is 0 Å². The number of rotatable bonds is 7. The molecular weight excluding hydrogens is 462 g/mol. The Hall–Kier alpha value is -4.07. The third kappa shape index (κ3) is 4.98. The standard InChI is InChI=1S/C28H29NO7/c1-16-15-21-25(26(31)22(16)27(32)34-3)24(18-9-11-19(30)12-10-18)23(17(2)29-21)28(33)36-14-13-35-20-7-5-4-6-8-20/h4-12,16,22,24,29-30H,13-15H2,1-3H3/t16-,22+,24-/m0/s1. The first kappa shape index (κ1) is 25.0. The molecule has 1 heterocycles. The molecule has 1 aliphatic heterocycles. The Morgan fingerprint density at radius 2 is 1.75 bits per heavy atom. The molecule has 8 heteroatoms. The van der Waals surface area contributed by atoms with E-state index in [1.807, 2.05) is 37.3 Å². The molecule has 2 aromatic rings. The van der Waals surface area contributed by atoms with Crippen molar-refractivity contribution in [2.45, 2.75) is 26.2 Å². The van der Waals surface area contributed by atoms with Crippen LogP contribution < -0.4 is 10.1 Å². The third-order valence-corrected chi connectivity index (χ3v) is 6.52. The SMILES string of the molecule is COC(=O)[C@H]1C(=O)C2=C(C[C@@H]1C)NC(C)=C(C(=O)OCCOc1ccccc1)[C@@H]2c1ccc(O)cc1. The van der Waals surface area contributed by atoms with Crippen LogP contribution in [0, 0.1) is 11.8 Å². The number of ether oxygens (including phenoxy) is 3. The molecule has 188 valence electrons. The first-order chi connectivity index (χ1) is 17.3. The van der Waals surface area contributed by atoms with Gasteiger partial charge in [0.25, 0.3) is 0 Å². The summed E-state index contributed by atoms with van der Waals surface area (Å²) in [7, 11) is 1.26. The fourth-order valence-electron chi connectivity index (χ4n) is 4.84. The number of Topliss-reactive ketones (excluding diaryl/α,β-unsaturated/α-hetero) is 1. The van der Waals surface area contributed by atoms with Crippen LogP contribution in [0.5, 0.6) is 11.5 Å². The van der Waals surface area contributed by atoms with E-state index in [9.17, 15) is 19.5 Å². The second-order valence-corrected chi connectivity index (χ2v) is 8.92. The van der Waals surface area contributed by atoms with Gasteiger partial charge < -0.3 is 24.6 Å². The molecule has 0 fully saturated rings. The zero-order chi connectivity index (χ0) is 25.8. The second kappa shape index (κ2) is 10.7. The van der Waals surface area contributed by atoms with Gasteiger partial charge in [0.05, 0.1) is 12.7 Å². The molecule has 0 aromatic heterocycles. The number of benzene rings is 2. The summed E-state index contributed by atoms with van der Waals surface area (Å²) >= 11 is 0. The van der Waals surface area contributed by atoms with Crippen molar-refractivity contribution in [3.63, 3.8) is 0 Å². The van der Waals surface area contributed by atoms with Crippen LogP contribution in [0.1, 0.15) is 31.7 Å².